The highest BCUT2D eigenvalue weighted by Gasteiger charge is 2.25. The minimum Gasteiger partial charge on any atom is -0.354 e. The molecule has 0 saturated carbocycles. The molecule has 1 atom stereocenters. The van der Waals surface area contributed by atoms with Crippen LogP contribution in [-0.2, 0) is 22.4 Å². The maximum atomic E-state index is 13.3. The Hall–Kier alpha value is -3.14. The number of nitrogens with one attached hydrogen (secondary N) is 1. The maximum Gasteiger partial charge on any atom is 0.242 e. The van der Waals surface area contributed by atoms with Crippen molar-refractivity contribution in [2.45, 2.75) is 52.0 Å². The average molecular weight is 431 g/mol. The van der Waals surface area contributed by atoms with E-state index in [4.69, 9.17) is 0 Å². The first-order valence-electron chi connectivity index (χ1n) is 11.7. The van der Waals surface area contributed by atoms with Crippen LogP contribution in [-0.4, -0.2) is 35.8 Å². The van der Waals surface area contributed by atoms with Crippen molar-refractivity contribution < 1.29 is 9.59 Å². The van der Waals surface area contributed by atoms with Gasteiger partial charge in [-0.2, -0.15) is 0 Å². The van der Waals surface area contributed by atoms with Crippen LogP contribution in [0.5, 0.6) is 0 Å². The predicted molar refractivity (Wildman–Crippen MR) is 132 cm³/mol. The summed E-state index contributed by atoms with van der Waals surface area (Å²) in [6.07, 6.45) is 3.74. The second-order valence-electron chi connectivity index (χ2n) is 8.28. The minimum atomic E-state index is -0.490. The van der Waals surface area contributed by atoms with E-state index >= 15 is 0 Å². The van der Waals surface area contributed by atoms with E-state index in [1.54, 1.807) is 4.90 Å². The summed E-state index contributed by atoms with van der Waals surface area (Å²) in [7, 11) is 0. The molecule has 1 N–H and O–H groups in total. The summed E-state index contributed by atoms with van der Waals surface area (Å²) < 4.78 is 0. The van der Waals surface area contributed by atoms with E-state index in [0.29, 0.717) is 25.9 Å². The molecule has 168 valence electrons. The molecule has 4 heteroatoms. The zero-order valence-electron chi connectivity index (χ0n) is 19.2. The van der Waals surface area contributed by atoms with Crippen LogP contribution in [0.4, 0.5) is 0 Å². The molecule has 3 aromatic rings. The van der Waals surface area contributed by atoms with Crippen molar-refractivity contribution in [3.8, 4) is 0 Å². The van der Waals surface area contributed by atoms with Gasteiger partial charge >= 0.3 is 0 Å². The molecule has 3 rings (SSSR count). The second-order valence-corrected chi connectivity index (χ2v) is 8.28. The van der Waals surface area contributed by atoms with Crippen molar-refractivity contribution in [2.24, 2.45) is 0 Å². The molecule has 0 aromatic heterocycles. The third kappa shape index (κ3) is 6.43. The Morgan fingerprint density at radius 2 is 1.62 bits per heavy atom. The van der Waals surface area contributed by atoms with Gasteiger partial charge < -0.3 is 10.2 Å². The molecule has 3 aromatic carbocycles. The summed E-state index contributed by atoms with van der Waals surface area (Å²) in [5, 5.41) is 5.35. The Morgan fingerprint density at radius 3 is 2.41 bits per heavy atom. The Labute approximate surface area is 191 Å². The van der Waals surface area contributed by atoms with E-state index in [9.17, 15) is 9.59 Å². The molecule has 0 heterocycles. The number of carbonyl (C=O) groups excluding carboxylic acids is 2. The molecule has 2 amide bonds. The van der Waals surface area contributed by atoms with Gasteiger partial charge in [-0.25, -0.2) is 0 Å². The monoisotopic (exact) mass is 430 g/mol. The van der Waals surface area contributed by atoms with Gasteiger partial charge in [0.1, 0.15) is 6.04 Å². The van der Waals surface area contributed by atoms with Crippen LogP contribution >= 0.6 is 0 Å². The van der Waals surface area contributed by atoms with Gasteiger partial charge in [0.2, 0.25) is 11.8 Å². The van der Waals surface area contributed by atoms with E-state index in [1.165, 1.54) is 16.3 Å². The Balaban J connectivity index is 1.70. The number of hydrogen-bond acceptors (Lipinski definition) is 2. The standard InChI is InChI=1S/C28H34N2O2/c1-3-4-20-29-28(32)22(2)30(21-19-23-11-6-5-7-12-23)27(31)18-17-25-15-10-14-24-13-8-9-16-26(24)25/h5-16,22H,3-4,17-21H2,1-2H3,(H,29,32)/t22-/m0/s1. The molecule has 0 spiro atoms. The van der Waals surface area contributed by atoms with Crippen LogP contribution in [0.1, 0.15) is 44.2 Å². The van der Waals surface area contributed by atoms with E-state index in [0.717, 1.165) is 24.8 Å². The highest BCUT2D eigenvalue weighted by Crippen LogP contribution is 2.20. The molecule has 4 nitrogen and oxygen atoms in total. The third-order valence-corrected chi connectivity index (χ3v) is 5.97. The fraction of sp³-hybridized carbons (Fsp3) is 0.357. The molecular weight excluding hydrogens is 396 g/mol. The maximum absolute atomic E-state index is 13.3. The number of rotatable bonds is 11. The number of carbonyl (C=O) groups is 2. The summed E-state index contributed by atoms with van der Waals surface area (Å²) in [6.45, 7) is 5.11. The van der Waals surface area contributed by atoms with Crippen molar-refractivity contribution in [1.82, 2.24) is 10.2 Å². The molecule has 0 bridgehead atoms. The van der Waals surface area contributed by atoms with E-state index in [2.05, 4.69) is 48.6 Å². The highest BCUT2D eigenvalue weighted by molar-refractivity contribution is 5.88. The normalized spacial score (nSPS) is 11.8. The fourth-order valence-electron chi connectivity index (χ4n) is 4.00. The van der Waals surface area contributed by atoms with Gasteiger partial charge in [0.25, 0.3) is 0 Å². The number of aryl methyl sites for hydroxylation is 1. The smallest absolute Gasteiger partial charge is 0.242 e. The van der Waals surface area contributed by atoms with E-state index in [1.807, 2.05) is 43.3 Å². The lowest BCUT2D eigenvalue weighted by atomic mass is 10.0. The lowest BCUT2D eigenvalue weighted by molar-refractivity contribution is -0.139. The van der Waals surface area contributed by atoms with Crippen molar-refractivity contribution in [2.75, 3.05) is 13.1 Å². The Bertz CT molecular complexity index is 1010. The summed E-state index contributed by atoms with van der Waals surface area (Å²) in [6, 6.07) is 24.1. The van der Waals surface area contributed by atoms with Gasteiger partial charge in [0.15, 0.2) is 0 Å². The summed E-state index contributed by atoms with van der Waals surface area (Å²) >= 11 is 0. The number of fused-ring (bicyclic) bond motifs is 1. The van der Waals surface area contributed by atoms with Crippen LogP contribution in [0.3, 0.4) is 0 Å². The molecule has 0 fully saturated rings. The zero-order chi connectivity index (χ0) is 22.8. The number of hydrogen-bond donors (Lipinski definition) is 1. The first-order valence-corrected chi connectivity index (χ1v) is 11.7. The number of amides is 2. The van der Waals surface area contributed by atoms with E-state index < -0.39 is 6.04 Å². The van der Waals surface area contributed by atoms with Gasteiger partial charge in [0.05, 0.1) is 0 Å². The van der Waals surface area contributed by atoms with Crippen LogP contribution < -0.4 is 5.32 Å². The SMILES string of the molecule is CCCCNC(=O)[C@H](C)N(CCc1ccccc1)C(=O)CCc1cccc2ccccc12. The minimum absolute atomic E-state index is 0.0204. The molecule has 0 aliphatic carbocycles. The Morgan fingerprint density at radius 1 is 0.906 bits per heavy atom. The molecule has 0 radical (unpaired) electrons. The van der Waals surface area contributed by atoms with Gasteiger partial charge in [-0.05, 0) is 48.1 Å². The number of nitrogens with zero attached hydrogens (tertiary/aromatic N) is 1. The zero-order valence-corrected chi connectivity index (χ0v) is 19.2. The van der Waals surface area contributed by atoms with Crippen LogP contribution in [0.15, 0.2) is 72.8 Å². The first kappa shape index (κ1) is 23.5. The Kier molecular flexibility index (Phi) is 8.85. The topological polar surface area (TPSA) is 49.4 Å². The molecule has 32 heavy (non-hydrogen) atoms. The van der Waals surface area contributed by atoms with Gasteiger partial charge in [0, 0.05) is 19.5 Å². The molecule has 0 aliphatic heterocycles. The fourth-order valence-corrected chi connectivity index (χ4v) is 4.00. The third-order valence-electron chi connectivity index (χ3n) is 5.97. The van der Waals surface area contributed by atoms with Gasteiger partial charge in [-0.15, -0.1) is 0 Å². The lowest BCUT2D eigenvalue weighted by Crippen LogP contribution is -2.49. The van der Waals surface area contributed by atoms with Crippen molar-refractivity contribution in [3.05, 3.63) is 83.9 Å². The number of unbranched alkanes of at least 4 members (excludes halogenated alkanes) is 1. The van der Waals surface area contributed by atoms with Crippen LogP contribution in [0.25, 0.3) is 10.8 Å². The highest BCUT2D eigenvalue weighted by atomic mass is 16.2. The molecule has 0 unspecified atom stereocenters. The van der Waals surface area contributed by atoms with Crippen molar-refractivity contribution in [1.29, 1.82) is 0 Å². The van der Waals surface area contributed by atoms with Crippen LogP contribution in [0.2, 0.25) is 0 Å². The summed E-state index contributed by atoms with van der Waals surface area (Å²) in [5.41, 5.74) is 2.33. The molecule has 0 saturated heterocycles. The van der Waals surface area contributed by atoms with Crippen LogP contribution in [0, 0.1) is 0 Å². The lowest BCUT2D eigenvalue weighted by Gasteiger charge is -2.29. The van der Waals surface area contributed by atoms with Crippen molar-refractivity contribution >= 4 is 22.6 Å². The predicted octanol–water partition coefficient (Wildman–Crippen LogP) is 5.15. The summed E-state index contributed by atoms with van der Waals surface area (Å²) in [4.78, 5) is 27.8. The average Bonchev–Trinajstić information content (AvgIpc) is 2.83. The quantitative estimate of drug-likeness (QED) is 0.428. The van der Waals surface area contributed by atoms with Gasteiger partial charge in [-0.3, -0.25) is 9.59 Å². The van der Waals surface area contributed by atoms with Gasteiger partial charge in [-0.1, -0.05) is 86.1 Å². The summed E-state index contributed by atoms with van der Waals surface area (Å²) in [5.74, 6) is -0.0583. The first-order chi connectivity index (χ1) is 15.6. The van der Waals surface area contributed by atoms with E-state index in [-0.39, 0.29) is 11.8 Å². The second kappa shape index (κ2) is 12.0. The number of benzene rings is 3. The van der Waals surface area contributed by atoms with Crippen molar-refractivity contribution in [3.63, 3.8) is 0 Å². The molecular formula is C28H34N2O2. The molecule has 0 aliphatic rings. The largest absolute Gasteiger partial charge is 0.354 e.